The van der Waals surface area contributed by atoms with Crippen LogP contribution in [-0.2, 0) is 16.0 Å². The zero-order chi connectivity index (χ0) is 31.7. The molecule has 0 bridgehead atoms. The predicted octanol–water partition coefficient (Wildman–Crippen LogP) is 4.13. The number of carbonyl (C=O) groups is 1. The molecule has 0 aliphatic carbocycles. The van der Waals surface area contributed by atoms with Crippen molar-refractivity contribution in [1.29, 1.82) is 0 Å². The van der Waals surface area contributed by atoms with Crippen molar-refractivity contribution in [3.8, 4) is 17.2 Å². The maximum absolute atomic E-state index is 12.0. The summed E-state index contributed by atoms with van der Waals surface area (Å²) in [5, 5.41) is 12.5. The summed E-state index contributed by atoms with van der Waals surface area (Å²) in [6, 6.07) is 22.2. The first kappa shape index (κ1) is 32.8. The first-order chi connectivity index (χ1) is 22.1. The van der Waals surface area contributed by atoms with Crippen LogP contribution in [0, 0.1) is 0 Å². The minimum atomic E-state index is -0.125. The number of methoxy groups -OCH3 is 3. The van der Waals surface area contributed by atoms with E-state index in [2.05, 4.69) is 36.2 Å². The molecule has 4 rings (SSSR count). The van der Waals surface area contributed by atoms with Gasteiger partial charge in [-0.25, -0.2) is 0 Å². The van der Waals surface area contributed by atoms with Crippen molar-refractivity contribution in [1.82, 2.24) is 20.3 Å². The second-order valence-corrected chi connectivity index (χ2v) is 9.44. The molecule has 238 valence electrons. The Morgan fingerprint density at radius 3 is 2.13 bits per heavy atom. The molecule has 1 amide bonds. The van der Waals surface area contributed by atoms with Gasteiger partial charge in [-0.1, -0.05) is 36.4 Å². The van der Waals surface area contributed by atoms with Crippen molar-refractivity contribution in [2.45, 2.75) is 6.54 Å². The Bertz CT molecular complexity index is 1490. The molecule has 13 heteroatoms. The lowest BCUT2D eigenvalue weighted by Gasteiger charge is -2.14. The zero-order valence-electron chi connectivity index (χ0n) is 25.7. The average Bonchev–Trinajstić information content (AvgIpc) is 3.08. The number of hydrogen-bond acceptors (Lipinski definition) is 12. The first-order valence-electron chi connectivity index (χ1n) is 14.4. The highest BCUT2D eigenvalue weighted by Gasteiger charge is 2.12. The minimum absolute atomic E-state index is 0.125. The smallest absolute Gasteiger partial charge is 0.251 e. The quantitative estimate of drug-likeness (QED) is 0.112. The van der Waals surface area contributed by atoms with E-state index in [-0.39, 0.29) is 5.91 Å². The van der Waals surface area contributed by atoms with Gasteiger partial charge in [0.2, 0.25) is 17.8 Å². The highest BCUT2D eigenvalue weighted by molar-refractivity contribution is 5.94. The summed E-state index contributed by atoms with van der Waals surface area (Å²) in [6.45, 7) is 2.88. The van der Waals surface area contributed by atoms with Gasteiger partial charge in [-0.2, -0.15) is 15.0 Å². The highest BCUT2D eigenvalue weighted by atomic mass is 16.5. The van der Waals surface area contributed by atoms with Crippen LogP contribution in [0.3, 0.4) is 0 Å². The third-order valence-corrected chi connectivity index (χ3v) is 6.35. The zero-order valence-corrected chi connectivity index (χ0v) is 25.7. The molecule has 13 nitrogen and oxygen atoms in total. The largest absolute Gasteiger partial charge is 0.497 e. The Morgan fingerprint density at radius 2 is 1.40 bits per heavy atom. The van der Waals surface area contributed by atoms with Gasteiger partial charge in [0, 0.05) is 42.5 Å². The number of hydrogen-bond donors (Lipinski definition) is 4. The van der Waals surface area contributed by atoms with Gasteiger partial charge in [0.05, 0.1) is 47.8 Å². The standard InChI is InChI=1S/C32H39N7O6/c1-41-26-13-8-12-25(21-26)36-32-38-30(37-31(39-32)35-22-24-11-7-14-27(42-2)28(24)43-3)34-16-18-45-20-19-44-17-15-33-29(40)23-9-5-4-6-10-23/h4-14,21H,15-20,22H2,1-3H3,(H,33,40)(H3,34,35,36,37,38,39). The molecule has 0 fully saturated rings. The van der Waals surface area contributed by atoms with Crippen LogP contribution in [0.15, 0.2) is 72.8 Å². The second-order valence-electron chi connectivity index (χ2n) is 9.44. The van der Waals surface area contributed by atoms with Crippen LogP contribution in [-0.4, -0.2) is 81.7 Å². The Morgan fingerprint density at radius 1 is 0.689 bits per heavy atom. The van der Waals surface area contributed by atoms with Crippen LogP contribution in [0.25, 0.3) is 0 Å². The number of rotatable bonds is 19. The van der Waals surface area contributed by atoms with Crippen molar-refractivity contribution in [2.24, 2.45) is 0 Å². The van der Waals surface area contributed by atoms with Crippen LogP contribution >= 0.6 is 0 Å². The normalized spacial score (nSPS) is 10.6. The molecule has 0 unspecified atom stereocenters. The van der Waals surface area contributed by atoms with E-state index >= 15 is 0 Å². The topological polar surface area (TPSA) is 150 Å². The summed E-state index contributed by atoms with van der Waals surface area (Å²) in [6.07, 6.45) is 0. The molecular formula is C32H39N7O6. The maximum atomic E-state index is 12.0. The van der Waals surface area contributed by atoms with Crippen molar-refractivity contribution >= 4 is 29.4 Å². The fraction of sp³-hybridized carbons (Fsp3) is 0.312. The van der Waals surface area contributed by atoms with Crippen molar-refractivity contribution in [2.75, 3.05) is 76.8 Å². The molecule has 0 aliphatic heterocycles. The fourth-order valence-corrected chi connectivity index (χ4v) is 4.17. The third-order valence-electron chi connectivity index (χ3n) is 6.35. The molecule has 1 heterocycles. The lowest BCUT2D eigenvalue weighted by Crippen LogP contribution is -2.27. The second kappa shape index (κ2) is 17.9. The van der Waals surface area contributed by atoms with Crippen LogP contribution in [0.4, 0.5) is 23.5 Å². The predicted molar refractivity (Wildman–Crippen MR) is 172 cm³/mol. The molecule has 0 saturated heterocycles. The molecular weight excluding hydrogens is 578 g/mol. The van der Waals surface area contributed by atoms with Crippen LogP contribution in [0.1, 0.15) is 15.9 Å². The number of anilines is 4. The van der Waals surface area contributed by atoms with Gasteiger partial charge < -0.3 is 45.0 Å². The van der Waals surface area contributed by atoms with Gasteiger partial charge >= 0.3 is 0 Å². The molecule has 45 heavy (non-hydrogen) atoms. The Balaban J connectivity index is 1.26. The number of nitrogens with zero attached hydrogens (tertiary/aromatic N) is 3. The van der Waals surface area contributed by atoms with Crippen molar-refractivity contribution in [3.63, 3.8) is 0 Å². The summed E-state index contributed by atoms with van der Waals surface area (Å²) in [5.41, 5.74) is 2.26. The summed E-state index contributed by atoms with van der Waals surface area (Å²) >= 11 is 0. The van der Waals surface area contributed by atoms with E-state index in [0.29, 0.717) is 86.7 Å². The van der Waals surface area contributed by atoms with E-state index in [1.54, 1.807) is 33.5 Å². The SMILES string of the molecule is COc1cccc(Nc2nc(NCCOCCOCCNC(=O)c3ccccc3)nc(NCc3cccc(OC)c3OC)n2)c1. The number of aromatic nitrogens is 3. The fourth-order valence-electron chi connectivity index (χ4n) is 4.17. The number of nitrogens with one attached hydrogen (secondary N) is 4. The minimum Gasteiger partial charge on any atom is -0.497 e. The van der Waals surface area contributed by atoms with Gasteiger partial charge in [-0.15, -0.1) is 0 Å². The van der Waals surface area contributed by atoms with E-state index < -0.39 is 0 Å². The van der Waals surface area contributed by atoms with Crippen LogP contribution < -0.4 is 35.5 Å². The monoisotopic (exact) mass is 617 g/mol. The maximum Gasteiger partial charge on any atom is 0.251 e. The lowest BCUT2D eigenvalue weighted by atomic mass is 10.2. The van der Waals surface area contributed by atoms with E-state index in [1.807, 2.05) is 60.7 Å². The summed E-state index contributed by atoms with van der Waals surface area (Å²) in [5.74, 6) is 2.91. The summed E-state index contributed by atoms with van der Waals surface area (Å²) in [7, 11) is 4.81. The lowest BCUT2D eigenvalue weighted by molar-refractivity contribution is 0.0519. The molecule has 0 aliphatic rings. The molecule has 3 aromatic carbocycles. The van der Waals surface area contributed by atoms with Gasteiger partial charge in [0.25, 0.3) is 5.91 Å². The van der Waals surface area contributed by atoms with Gasteiger partial charge in [0.1, 0.15) is 5.75 Å². The molecule has 0 saturated carbocycles. The van der Waals surface area contributed by atoms with Crippen molar-refractivity contribution in [3.05, 3.63) is 83.9 Å². The number of amides is 1. The Kier molecular flexibility index (Phi) is 13.0. The van der Waals surface area contributed by atoms with Crippen molar-refractivity contribution < 1.29 is 28.5 Å². The molecule has 0 atom stereocenters. The van der Waals surface area contributed by atoms with E-state index in [4.69, 9.17) is 23.7 Å². The van der Waals surface area contributed by atoms with E-state index in [9.17, 15) is 4.79 Å². The number of para-hydroxylation sites is 1. The van der Waals surface area contributed by atoms with E-state index in [1.165, 1.54) is 0 Å². The Hall–Kier alpha value is -5.14. The van der Waals surface area contributed by atoms with Gasteiger partial charge in [-0.05, 0) is 30.3 Å². The molecule has 1 aromatic heterocycles. The third kappa shape index (κ3) is 10.5. The first-order valence-corrected chi connectivity index (χ1v) is 14.4. The molecule has 0 radical (unpaired) electrons. The van der Waals surface area contributed by atoms with Gasteiger partial charge in [-0.3, -0.25) is 4.79 Å². The van der Waals surface area contributed by atoms with Crippen LogP contribution in [0.5, 0.6) is 17.2 Å². The summed E-state index contributed by atoms with van der Waals surface area (Å²) in [4.78, 5) is 25.6. The number of ether oxygens (including phenoxy) is 5. The number of carbonyl (C=O) groups excluding carboxylic acids is 1. The van der Waals surface area contributed by atoms with E-state index in [0.717, 1.165) is 11.3 Å². The average molecular weight is 618 g/mol. The number of benzene rings is 3. The van der Waals surface area contributed by atoms with Gasteiger partial charge in [0.15, 0.2) is 11.5 Å². The highest BCUT2D eigenvalue weighted by Crippen LogP contribution is 2.31. The molecule has 0 spiro atoms. The molecule has 4 N–H and O–H groups in total. The summed E-state index contributed by atoms with van der Waals surface area (Å²) < 4.78 is 27.5. The van der Waals surface area contributed by atoms with Crippen LogP contribution in [0.2, 0.25) is 0 Å². The Labute approximate surface area is 262 Å². The molecule has 4 aromatic rings.